The van der Waals surface area contributed by atoms with Crippen LogP contribution < -0.4 is 16.4 Å². The van der Waals surface area contributed by atoms with Gasteiger partial charge in [0, 0.05) is 22.0 Å². The van der Waals surface area contributed by atoms with Gasteiger partial charge in [0.25, 0.3) is 5.91 Å². The Labute approximate surface area is 300 Å². The third kappa shape index (κ3) is 5.72. The largest absolute Gasteiger partial charge is 0.399 e. The summed E-state index contributed by atoms with van der Waals surface area (Å²) in [6.07, 6.45) is 1.49. The van der Waals surface area contributed by atoms with Gasteiger partial charge in [0.15, 0.2) is 0 Å². The van der Waals surface area contributed by atoms with Crippen molar-refractivity contribution in [3.05, 3.63) is 88.8 Å². The molecule has 9 rings (SSSR count). The zero-order valence-corrected chi connectivity index (χ0v) is 29.5. The number of thiophene rings is 1. The molecule has 5 fully saturated rings. The van der Waals surface area contributed by atoms with E-state index in [-0.39, 0.29) is 22.2 Å². The summed E-state index contributed by atoms with van der Waals surface area (Å²) < 4.78 is 40.6. The van der Waals surface area contributed by atoms with Crippen LogP contribution in [0.5, 0.6) is 0 Å². The third-order valence-electron chi connectivity index (χ3n) is 11.3. The van der Waals surface area contributed by atoms with Gasteiger partial charge >= 0.3 is 13.3 Å². The Morgan fingerprint density at radius 1 is 0.981 bits per heavy atom. The fourth-order valence-corrected chi connectivity index (χ4v) is 9.91. The van der Waals surface area contributed by atoms with E-state index < -0.39 is 54.5 Å². The van der Waals surface area contributed by atoms with Gasteiger partial charge in [-0.15, -0.1) is 11.3 Å². The van der Waals surface area contributed by atoms with Crippen LogP contribution in [0.25, 0.3) is 21.2 Å². The maximum atomic E-state index is 14.4. The van der Waals surface area contributed by atoms with Crippen molar-refractivity contribution < 1.29 is 42.3 Å². The van der Waals surface area contributed by atoms with E-state index in [0.29, 0.717) is 58.9 Å². The monoisotopic (exact) mass is 748 g/mol. The minimum Gasteiger partial charge on any atom is -0.369 e. The summed E-state index contributed by atoms with van der Waals surface area (Å²) in [6, 6.07) is 17.6. The van der Waals surface area contributed by atoms with Gasteiger partial charge in [-0.1, -0.05) is 42.5 Å². The van der Waals surface area contributed by atoms with E-state index >= 15 is 0 Å². The lowest BCUT2D eigenvalue weighted by molar-refractivity contribution is -0.142. The Hall–Kier alpha value is -4.49. The lowest BCUT2D eigenvalue weighted by Crippen LogP contribution is -2.57. The topological polar surface area (TPSA) is 179 Å². The Balaban J connectivity index is 1.03. The van der Waals surface area contributed by atoms with Crippen molar-refractivity contribution in [1.29, 1.82) is 0 Å². The number of amides is 4. The number of fused-ring (bicyclic) bond motifs is 3. The van der Waals surface area contributed by atoms with Crippen molar-refractivity contribution in [2.45, 2.75) is 55.9 Å². The Morgan fingerprint density at radius 2 is 1.71 bits per heavy atom. The van der Waals surface area contributed by atoms with Crippen LogP contribution in [0.15, 0.2) is 72.8 Å². The molecule has 3 saturated heterocycles. The van der Waals surface area contributed by atoms with Gasteiger partial charge in [-0.2, -0.15) is 8.78 Å². The minimum atomic E-state index is -5.78. The van der Waals surface area contributed by atoms with Gasteiger partial charge < -0.3 is 31.1 Å². The highest BCUT2D eigenvalue weighted by molar-refractivity contribution is 7.52. The number of halogens is 2. The number of alkyl halides is 2. The zero-order chi connectivity index (χ0) is 36.9. The number of primary amides is 1. The average molecular weight is 749 g/mol. The minimum absolute atomic E-state index is 0.141. The number of rotatable bonds is 9. The van der Waals surface area contributed by atoms with Gasteiger partial charge in [-0.25, -0.2) is 0 Å². The lowest BCUT2D eigenvalue weighted by Gasteiger charge is -2.38. The zero-order valence-electron chi connectivity index (χ0n) is 27.7. The van der Waals surface area contributed by atoms with E-state index in [2.05, 4.69) is 10.6 Å². The van der Waals surface area contributed by atoms with E-state index in [1.165, 1.54) is 12.1 Å². The molecule has 11 nitrogen and oxygen atoms in total. The fraction of sp³-hybridized carbons (Fsp3) is 0.351. The molecule has 0 radical (unpaired) electrons. The van der Waals surface area contributed by atoms with Crippen molar-refractivity contribution in [2.75, 3.05) is 5.32 Å². The van der Waals surface area contributed by atoms with Gasteiger partial charge in [0.05, 0.1) is 10.8 Å². The summed E-state index contributed by atoms with van der Waals surface area (Å²) in [5, 5.41) is 6.04. The molecule has 4 unspecified atom stereocenters. The molecular formula is C37H35F2N4O7PS. The van der Waals surface area contributed by atoms with Crippen LogP contribution in [-0.2, 0) is 24.6 Å². The fourth-order valence-electron chi connectivity index (χ4n) is 8.48. The highest BCUT2D eigenvalue weighted by Crippen LogP contribution is 2.77. The predicted molar refractivity (Wildman–Crippen MR) is 189 cm³/mol. The molecule has 1 aromatic heterocycles. The molecule has 15 heteroatoms. The molecule has 2 saturated carbocycles. The molecule has 4 aromatic rings. The van der Waals surface area contributed by atoms with E-state index in [4.69, 9.17) is 15.5 Å². The van der Waals surface area contributed by atoms with Crippen LogP contribution in [-0.4, -0.2) is 56.4 Å². The molecule has 52 heavy (non-hydrogen) atoms. The number of nitrogens with one attached hydrogen (secondary N) is 2. The third-order valence-corrected chi connectivity index (χ3v) is 13.4. The molecule has 0 spiro atoms. The number of carbonyl (C=O) groups excluding carboxylic acids is 4. The molecule has 2 aliphatic carbocycles. The number of nitrogens with zero attached hydrogens (tertiary/aromatic N) is 1. The number of benzene rings is 3. The van der Waals surface area contributed by atoms with Crippen LogP contribution in [0, 0.1) is 23.7 Å². The molecule has 4 heterocycles. The second-order valence-electron chi connectivity index (χ2n) is 14.3. The quantitative estimate of drug-likeness (QED) is 0.143. The van der Waals surface area contributed by atoms with Crippen LogP contribution in [0.2, 0.25) is 0 Å². The first-order valence-electron chi connectivity index (χ1n) is 17.1. The molecule has 3 aliphatic heterocycles. The van der Waals surface area contributed by atoms with E-state index in [1.54, 1.807) is 17.9 Å². The van der Waals surface area contributed by atoms with Crippen molar-refractivity contribution in [3.8, 4) is 11.1 Å². The van der Waals surface area contributed by atoms with E-state index in [0.717, 1.165) is 34.6 Å². The SMILES string of the molecule is CC(C(N)=O)c1cc(-c2ccccc2)ccc1NC(=O)[C@@H]1CC[C@@H]2C3C4C(C[C@H](NC(=O)c5cc6cc(C(F)(F)P(=O)(O)O)ccc6s5)C(=O)N21)[C@H]43. The van der Waals surface area contributed by atoms with Crippen molar-refractivity contribution >= 4 is 58.3 Å². The Morgan fingerprint density at radius 3 is 2.40 bits per heavy atom. The van der Waals surface area contributed by atoms with Crippen LogP contribution >= 0.6 is 18.9 Å². The van der Waals surface area contributed by atoms with Crippen molar-refractivity contribution in [2.24, 2.45) is 29.4 Å². The first-order valence-corrected chi connectivity index (χ1v) is 19.5. The van der Waals surface area contributed by atoms with Crippen LogP contribution in [0.4, 0.5) is 14.5 Å². The number of anilines is 1. The normalized spacial score (nSPS) is 26.8. The smallest absolute Gasteiger partial charge is 0.369 e. The molecule has 5 aliphatic rings. The Bertz CT molecular complexity index is 2200. The lowest BCUT2D eigenvalue weighted by atomic mass is 9.88. The van der Waals surface area contributed by atoms with Gasteiger partial charge in [-0.05, 0) is 102 Å². The standard InChI is InChI=1S/C37H35F2N4O7PS/c1-17(33(40)44)22-14-19(18-5-3-2-4-6-18)7-9-24(22)41-34(45)27-11-10-26-32-30-23(31(30)32)16-25(36(47)43(26)27)42-35(46)29-15-20-13-21(8-12-28(20)52-29)37(38,39)51(48,49)50/h2-9,12-15,17,23,25-27,30-32H,10-11,16H2,1H3,(H2,40,44)(H,41,45)(H,42,46)(H2,48,49,50)/t17?,23?,25-,26+,27-,30+,31?,32?/m0/s1. The highest BCUT2D eigenvalue weighted by atomic mass is 32.1. The summed E-state index contributed by atoms with van der Waals surface area (Å²) in [5.41, 5.74) is 3.18. The maximum Gasteiger partial charge on any atom is 0.399 e. The molecule has 2 bridgehead atoms. The van der Waals surface area contributed by atoms with Crippen molar-refractivity contribution in [3.63, 3.8) is 0 Å². The first kappa shape index (κ1) is 34.6. The molecule has 8 atom stereocenters. The summed E-state index contributed by atoms with van der Waals surface area (Å²) in [4.78, 5) is 74.3. The maximum absolute atomic E-state index is 14.4. The number of nitrogens with two attached hydrogens (primary N) is 1. The van der Waals surface area contributed by atoms with E-state index in [1.807, 2.05) is 42.5 Å². The second-order valence-corrected chi connectivity index (χ2v) is 17.0. The average Bonchev–Trinajstić information content (AvgIpc) is 3.88. The molecular weight excluding hydrogens is 713 g/mol. The summed E-state index contributed by atoms with van der Waals surface area (Å²) >= 11 is 1.01. The van der Waals surface area contributed by atoms with Gasteiger partial charge in [0.1, 0.15) is 12.1 Å². The molecule has 6 N–H and O–H groups in total. The first-order chi connectivity index (χ1) is 24.7. The second kappa shape index (κ2) is 12.3. The summed E-state index contributed by atoms with van der Waals surface area (Å²) in [5.74, 6) is -1.11. The summed E-state index contributed by atoms with van der Waals surface area (Å²) in [6.45, 7) is 1.67. The molecule has 270 valence electrons. The Kier molecular flexibility index (Phi) is 8.18. The number of hydrogen-bond donors (Lipinski definition) is 5. The highest BCUT2D eigenvalue weighted by Gasteiger charge is 2.77. The number of carbonyl (C=O) groups is 4. The van der Waals surface area contributed by atoms with Gasteiger partial charge in [0.2, 0.25) is 17.7 Å². The van der Waals surface area contributed by atoms with Crippen LogP contribution in [0.3, 0.4) is 0 Å². The van der Waals surface area contributed by atoms with E-state index in [9.17, 15) is 32.5 Å². The van der Waals surface area contributed by atoms with Gasteiger partial charge in [-0.3, -0.25) is 23.7 Å². The molecule has 3 aromatic carbocycles. The van der Waals surface area contributed by atoms with Crippen LogP contribution in [0.1, 0.15) is 52.9 Å². The van der Waals surface area contributed by atoms with Crippen molar-refractivity contribution in [1.82, 2.24) is 10.2 Å². The summed E-state index contributed by atoms with van der Waals surface area (Å²) in [7, 11) is -5.78. The molecule has 4 amide bonds. The number of hydrogen-bond acceptors (Lipinski definition) is 6. The predicted octanol–water partition coefficient (Wildman–Crippen LogP) is 5.38.